The van der Waals surface area contributed by atoms with Crippen LogP contribution in [-0.2, 0) is 11.2 Å². The summed E-state index contributed by atoms with van der Waals surface area (Å²) in [4.78, 5) is 16.6. The van der Waals surface area contributed by atoms with Gasteiger partial charge in [0.25, 0.3) is 0 Å². The van der Waals surface area contributed by atoms with Crippen molar-refractivity contribution in [1.29, 1.82) is 0 Å². The first-order chi connectivity index (χ1) is 12.6. The molecule has 4 rings (SSSR count). The van der Waals surface area contributed by atoms with E-state index in [1.54, 1.807) is 17.0 Å². The lowest BCUT2D eigenvalue weighted by molar-refractivity contribution is -0.132. The van der Waals surface area contributed by atoms with E-state index in [0.29, 0.717) is 22.8 Å². The highest BCUT2D eigenvalue weighted by molar-refractivity contribution is 9.10. The molecule has 2 aromatic heterocycles. The number of nitrogens with one attached hydrogen (secondary N) is 1. The lowest BCUT2D eigenvalue weighted by Gasteiger charge is -2.38. The summed E-state index contributed by atoms with van der Waals surface area (Å²) in [6, 6.07) is 8.98. The molecule has 0 saturated carbocycles. The van der Waals surface area contributed by atoms with Gasteiger partial charge in [0.15, 0.2) is 5.65 Å². The number of hydrogen-bond donors (Lipinski definition) is 2. The first-order valence-corrected chi connectivity index (χ1v) is 9.09. The van der Waals surface area contributed by atoms with Crippen molar-refractivity contribution in [3.63, 3.8) is 0 Å². The summed E-state index contributed by atoms with van der Waals surface area (Å²) in [5.74, 6) is 0.568. The highest BCUT2D eigenvalue weighted by Crippen LogP contribution is 2.34. The molecule has 0 unspecified atom stereocenters. The lowest BCUT2D eigenvalue weighted by atomic mass is 9.94. The van der Waals surface area contributed by atoms with E-state index in [2.05, 4.69) is 37.7 Å². The molecule has 3 heterocycles. The number of phenolic OH excluding ortho intramolecular Hbond substituents is 1. The summed E-state index contributed by atoms with van der Waals surface area (Å²) in [6.45, 7) is 4.99. The Balaban J connectivity index is 1.59. The summed E-state index contributed by atoms with van der Waals surface area (Å²) < 4.78 is 0.951. The van der Waals surface area contributed by atoms with Gasteiger partial charge in [-0.2, -0.15) is 0 Å². The Morgan fingerprint density at radius 2 is 2.15 bits per heavy atom. The fourth-order valence-corrected chi connectivity index (χ4v) is 3.83. The first kappa shape index (κ1) is 16.8. The Labute approximate surface area is 158 Å². The molecule has 0 aliphatic carbocycles. The number of H-pyrrole nitrogens is 1. The van der Waals surface area contributed by atoms with Crippen LogP contribution in [0.3, 0.4) is 0 Å². The van der Waals surface area contributed by atoms with Crippen LogP contribution in [0.15, 0.2) is 47.5 Å². The average Bonchev–Trinajstić information content (AvgIpc) is 2.93. The Hall–Kier alpha value is -2.67. The molecule has 1 aromatic carbocycles. The van der Waals surface area contributed by atoms with E-state index in [9.17, 15) is 9.90 Å². The molecule has 1 amide bonds. The predicted molar refractivity (Wildman–Crippen MR) is 103 cm³/mol. The molecule has 6 nitrogen and oxygen atoms in total. The average molecular weight is 413 g/mol. The highest BCUT2D eigenvalue weighted by Gasteiger charge is 2.30. The van der Waals surface area contributed by atoms with E-state index in [0.717, 1.165) is 35.1 Å². The Morgan fingerprint density at radius 3 is 2.88 bits per heavy atom. The van der Waals surface area contributed by atoms with Gasteiger partial charge in [0.05, 0.1) is 5.69 Å². The third-order valence-electron chi connectivity index (χ3n) is 4.68. The molecule has 1 aliphatic heterocycles. The number of nitrogens with zero attached hydrogens (tertiary/aromatic N) is 3. The molecular formula is C19H17BrN4O2. The van der Waals surface area contributed by atoms with Gasteiger partial charge in [0.2, 0.25) is 5.91 Å². The monoisotopic (exact) mass is 412 g/mol. The summed E-state index contributed by atoms with van der Waals surface area (Å²) in [5.41, 5.74) is 3.01. The van der Waals surface area contributed by atoms with Crippen molar-refractivity contribution in [2.24, 2.45) is 5.92 Å². The minimum absolute atomic E-state index is 0.0184. The highest BCUT2D eigenvalue weighted by atomic mass is 79.9. The van der Waals surface area contributed by atoms with Gasteiger partial charge < -0.3 is 15.0 Å². The van der Waals surface area contributed by atoms with Crippen LogP contribution in [-0.4, -0.2) is 44.2 Å². The third-order valence-corrected chi connectivity index (χ3v) is 5.59. The maximum absolute atomic E-state index is 11.6. The molecule has 1 fully saturated rings. The number of aromatic hydroxyl groups is 1. The number of rotatable bonds is 4. The number of benzene rings is 1. The number of fused-ring (bicyclic) bond motifs is 1. The van der Waals surface area contributed by atoms with Crippen molar-refractivity contribution in [1.82, 2.24) is 20.1 Å². The third kappa shape index (κ3) is 2.88. The number of likely N-dealkylation sites (tertiary alicyclic amines) is 1. The van der Waals surface area contributed by atoms with Crippen molar-refractivity contribution < 1.29 is 9.90 Å². The van der Waals surface area contributed by atoms with Crippen molar-refractivity contribution in [2.75, 3.05) is 13.1 Å². The maximum Gasteiger partial charge on any atom is 0.245 e. The number of carbonyl (C=O) groups excluding carboxylic acids is 1. The number of aromatic nitrogens is 3. The number of carbonyl (C=O) groups is 1. The Kier molecular flexibility index (Phi) is 4.24. The van der Waals surface area contributed by atoms with E-state index >= 15 is 0 Å². The van der Waals surface area contributed by atoms with E-state index in [4.69, 9.17) is 0 Å². The second-order valence-electron chi connectivity index (χ2n) is 6.44. The van der Waals surface area contributed by atoms with Crippen LogP contribution in [0, 0.1) is 5.92 Å². The van der Waals surface area contributed by atoms with Crippen LogP contribution in [0.4, 0.5) is 0 Å². The van der Waals surface area contributed by atoms with E-state index in [-0.39, 0.29) is 11.7 Å². The lowest BCUT2D eigenvalue weighted by Crippen LogP contribution is -2.50. The molecule has 26 heavy (non-hydrogen) atoms. The zero-order valence-electron chi connectivity index (χ0n) is 13.9. The van der Waals surface area contributed by atoms with Gasteiger partial charge in [-0.3, -0.25) is 4.79 Å². The summed E-state index contributed by atoms with van der Waals surface area (Å²) in [5, 5.41) is 19.4. The van der Waals surface area contributed by atoms with Crippen LogP contribution in [0.1, 0.15) is 5.69 Å². The second kappa shape index (κ2) is 6.57. The van der Waals surface area contributed by atoms with Crippen molar-refractivity contribution in [3.05, 3.63) is 53.2 Å². The molecule has 0 radical (unpaired) electrons. The smallest absolute Gasteiger partial charge is 0.245 e. The number of hydrogen-bond acceptors (Lipinski definition) is 4. The summed E-state index contributed by atoms with van der Waals surface area (Å²) in [6.07, 6.45) is 2.18. The number of aromatic amines is 1. The van der Waals surface area contributed by atoms with E-state index in [1.165, 1.54) is 6.08 Å². The number of amides is 1. The summed E-state index contributed by atoms with van der Waals surface area (Å²) in [7, 11) is 0. The fraction of sp³-hybridized carbons (Fsp3) is 0.211. The normalized spacial score (nSPS) is 14.4. The minimum Gasteiger partial charge on any atom is -0.507 e. The van der Waals surface area contributed by atoms with Gasteiger partial charge in [0.1, 0.15) is 5.75 Å². The molecule has 0 bridgehead atoms. The molecule has 0 atom stereocenters. The molecule has 132 valence electrons. The van der Waals surface area contributed by atoms with Gasteiger partial charge in [-0.25, -0.2) is 0 Å². The van der Waals surface area contributed by atoms with Crippen LogP contribution in [0.5, 0.6) is 5.75 Å². The van der Waals surface area contributed by atoms with E-state index in [1.807, 2.05) is 18.2 Å². The SMILES string of the molecule is C=CC(=O)N1CC(Cc2[nH]c3nnc(-c4ccccc4O)cc3c2Br)C1. The standard InChI is InChI=1S/C19H17BrN4O2/c1-2-17(26)24-9-11(10-24)7-15-18(20)13-8-14(22-23-19(13)21-15)12-5-3-4-6-16(12)25/h2-6,8,11,25H,1,7,9-10H2,(H,21,23). The maximum atomic E-state index is 11.6. The van der Waals surface area contributed by atoms with Crippen molar-refractivity contribution in [2.45, 2.75) is 6.42 Å². The largest absolute Gasteiger partial charge is 0.507 e. The predicted octanol–water partition coefficient (Wildman–Crippen LogP) is 3.28. The zero-order chi connectivity index (χ0) is 18.3. The topological polar surface area (TPSA) is 82.1 Å². The Bertz CT molecular complexity index is 1010. The summed E-state index contributed by atoms with van der Waals surface area (Å²) >= 11 is 3.66. The van der Waals surface area contributed by atoms with Crippen LogP contribution in [0.25, 0.3) is 22.3 Å². The van der Waals surface area contributed by atoms with Gasteiger partial charge >= 0.3 is 0 Å². The van der Waals surface area contributed by atoms with Crippen molar-refractivity contribution >= 4 is 32.9 Å². The Morgan fingerprint density at radius 1 is 1.38 bits per heavy atom. The molecule has 0 spiro atoms. The molecule has 7 heteroatoms. The van der Waals surface area contributed by atoms with Gasteiger partial charge in [-0.1, -0.05) is 18.7 Å². The second-order valence-corrected chi connectivity index (χ2v) is 7.24. The molecule has 1 aliphatic rings. The quantitative estimate of drug-likeness (QED) is 0.644. The minimum atomic E-state index is -0.0184. The van der Waals surface area contributed by atoms with Crippen LogP contribution >= 0.6 is 15.9 Å². The zero-order valence-corrected chi connectivity index (χ0v) is 15.5. The molecule has 3 aromatic rings. The molecule has 1 saturated heterocycles. The molecule has 2 N–H and O–H groups in total. The number of phenols is 1. The van der Waals surface area contributed by atoms with Crippen LogP contribution < -0.4 is 0 Å². The van der Waals surface area contributed by atoms with Crippen molar-refractivity contribution in [3.8, 4) is 17.0 Å². The fourth-order valence-electron chi connectivity index (χ4n) is 3.27. The van der Waals surface area contributed by atoms with E-state index < -0.39 is 0 Å². The number of halogens is 1. The van der Waals surface area contributed by atoms with Crippen LogP contribution in [0.2, 0.25) is 0 Å². The van der Waals surface area contributed by atoms with Gasteiger partial charge in [-0.05, 0) is 52.5 Å². The first-order valence-electron chi connectivity index (χ1n) is 8.30. The number of para-hydroxylation sites is 1. The molecular weight excluding hydrogens is 396 g/mol. The van der Waals surface area contributed by atoms with Gasteiger partial charge in [0, 0.05) is 34.2 Å². The van der Waals surface area contributed by atoms with Gasteiger partial charge in [-0.15, -0.1) is 10.2 Å².